The third-order valence-corrected chi connectivity index (χ3v) is 5.40. The molecule has 0 radical (unpaired) electrons. The molecule has 1 aromatic heterocycles. The van der Waals surface area contributed by atoms with E-state index in [1.165, 1.54) is 23.1 Å². The Morgan fingerprint density at radius 3 is 2.79 bits per heavy atom. The average molecular weight is 373 g/mol. The first kappa shape index (κ1) is 18.9. The lowest BCUT2D eigenvalue weighted by Crippen LogP contribution is -2.45. The summed E-state index contributed by atoms with van der Waals surface area (Å²) < 4.78 is 6.18. The first-order valence-corrected chi connectivity index (χ1v) is 9.83. The van der Waals surface area contributed by atoms with Crippen LogP contribution < -0.4 is 11.1 Å². The molecule has 0 spiro atoms. The molecule has 1 saturated heterocycles. The van der Waals surface area contributed by atoms with Crippen molar-refractivity contribution in [2.45, 2.75) is 49.6 Å². The molecule has 0 bridgehead atoms. The van der Waals surface area contributed by atoms with Gasteiger partial charge in [-0.25, -0.2) is 9.78 Å². The molecule has 1 aromatic rings. The SMILES string of the molecule is CSc1nc(C(=O)NC[C@@H]2CCCN2C(=O)OC(C)(C)C)c(N)s1. The summed E-state index contributed by atoms with van der Waals surface area (Å²) in [5.74, 6) is -0.305. The van der Waals surface area contributed by atoms with Crippen LogP contribution in [0.3, 0.4) is 0 Å². The smallest absolute Gasteiger partial charge is 0.410 e. The van der Waals surface area contributed by atoms with Crippen LogP contribution in [-0.2, 0) is 4.74 Å². The molecule has 0 aromatic carbocycles. The summed E-state index contributed by atoms with van der Waals surface area (Å²) in [4.78, 5) is 30.4. The number of anilines is 1. The Hall–Kier alpha value is -1.48. The predicted molar refractivity (Wildman–Crippen MR) is 96.6 cm³/mol. The van der Waals surface area contributed by atoms with Gasteiger partial charge in [0.1, 0.15) is 10.6 Å². The monoisotopic (exact) mass is 372 g/mol. The molecule has 0 saturated carbocycles. The molecule has 0 unspecified atom stereocenters. The van der Waals surface area contributed by atoms with E-state index < -0.39 is 5.60 Å². The maximum Gasteiger partial charge on any atom is 0.410 e. The van der Waals surface area contributed by atoms with Crippen LogP contribution in [0, 0.1) is 0 Å². The van der Waals surface area contributed by atoms with E-state index >= 15 is 0 Å². The number of amides is 2. The minimum absolute atomic E-state index is 0.0660. The van der Waals surface area contributed by atoms with Crippen molar-refractivity contribution in [1.82, 2.24) is 15.2 Å². The molecule has 1 fully saturated rings. The lowest BCUT2D eigenvalue weighted by molar-refractivity contribution is 0.0225. The van der Waals surface area contributed by atoms with E-state index in [9.17, 15) is 9.59 Å². The molecule has 24 heavy (non-hydrogen) atoms. The Bertz CT molecular complexity index is 612. The van der Waals surface area contributed by atoms with Crippen LogP contribution in [0.25, 0.3) is 0 Å². The van der Waals surface area contributed by atoms with E-state index in [0.717, 1.165) is 17.2 Å². The molecule has 7 nitrogen and oxygen atoms in total. The van der Waals surface area contributed by atoms with Crippen molar-refractivity contribution in [3.05, 3.63) is 5.69 Å². The van der Waals surface area contributed by atoms with Gasteiger partial charge in [-0.05, 0) is 39.9 Å². The number of likely N-dealkylation sites (tertiary alicyclic amines) is 1. The van der Waals surface area contributed by atoms with Crippen LogP contribution in [0.2, 0.25) is 0 Å². The van der Waals surface area contributed by atoms with Gasteiger partial charge < -0.3 is 20.7 Å². The number of carbonyl (C=O) groups excluding carboxylic acids is 2. The summed E-state index contributed by atoms with van der Waals surface area (Å²) in [5, 5.41) is 3.24. The Labute approximate surface area is 150 Å². The molecule has 1 aliphatic rings. The van der Waals surface area contributed by atoms with Crippen molar-refractivity contribution < 1.29 is 14.3 Å². The second-order valence-corrected chi connectivity index (χ2v) is 8.66. The zero-order valence-corrected chi connectivity index (χ0v) is 16.1. The van der Waals surface area contributed by atoms with Crippen LogP contribution in [0.15, 0.2) is 4.34 Å². The molecule has 134 valence electrons. The minimum Gasteiger partial charge on any atom is -0.444 e. The van der Waals surface area contributed by atoms with E-state index in [2.05, 4.69) is 10.3 Å². The highest BCUT2D eigenvalue weighted by Crippen LogP contribution is 2.27. The highest BCUT2D eigenvalue weighted by molar-refractivity contribution is 8.00. The molecule has 0 aliphatic carbocycles. The van der Waals surface area contributed by atoms with E-state index in [-0.39, 0.29) is 23.7 Å². The number of rotatable bonds is 4. The van der Waals surface area contributed by atoms with Gasteiger partial charge >= 0.3 is 6.09 Å². The fraction of sp³-hybridized carbons (Fsp3) is 0.667. The number of hydrogen-bond acceptors (Lipinski definition) is 7. The van der Waals surface area contributed by atoms with Crippen LogP contribution in [0.4, 0.5) is 9.80 Å². The maximum atomic E-state index is 12.3. The zero-order valence-electron chi connectivity index (χ0n) is 14.4. The lowest BCUT2D eigenvalue weighted by Gasteiger charge is -2.28. The van der Waals surface area contributed by atoms with Gasteiger partial charge in [-0.3, -0.25) is 4.79 Å². The zero-order chi connectivity index (χ0) is 17.9. The van der Waals surface area contributed by atoms with Crippen molar-refractivity contribution in [1.29, 1.82) is 0 Å². The lowest BCUT2D eigenvalue weighted by atomic mass is 10.2. The molecule has 1 aliphatic heterocycles. The average Bonchev–Trinajstić information content (AvgIpc) is 3.09. The summed E-state index contributed by atoms with van der Waals surface area (Å²) in [7, 11) is 0. The quantitative estimate of drug-likeness (QED) is 0.789. The fourth-order valence-corrected chi connectivity index (χ4v) is 3.81. The van der Waals surface area contributed by atoms with Crippen molar-refractivity contribution in [2.24, 2.45) is 0 Å². The second-order valence-electron chi connectivity index (χ2n) is 6.58. The first-order valence-electron chi connectivity index (χ1n) is 7.79. The summed E-state index contributed by atoms with van der Waals surface area (Å²) >= 11 is 2.75. The third-order valence-electron chi connectivity index (χ3n) is 3.53. The summed E-state index contributed by atoms with van der Waals surface area (Å²) in [5.41, 5.74) is 5.57. The summed E-state index contributed by atoms with van der Waals surface area (Å²) in [6, 6.07) is -0.0660. The predicted octanol–water partition coefficient (Wildman–Crippen LogP) is 2.58. The maximum absolute atomic E-state index is 12.3. The van der Waals surface area contributed by atoms with E-state index in [0.29, 0.717) is 18.1 Å². The van der Waals surface area contributed by atoms with Crippen LogP contribution >= 0.6 is 23.1 Å². The molecule has 2 amide bonds. The molecule has 1 atom stereocenters. The first-order chi connectivity index (χ1) is 11.2. The highest BCUT2D eigenvalue weighted by atomic mass is 32.2. The van der Waals surface area contributed by atoms with Gasteiger partial charge in [-0.2, -0.15) is 0 Å². The van der Waals surface area contributed by atoms with Gasteiger partial charge in [0, 0.05) is 13.1 Å². The van der Waals surface area contributed by atoms with Crippen LogP contribution in [0.5, 0.6) is 0 Å². The van der Waals surface area contributed by atoms with Crippen LogP contribution in [-0.4, -0.2) is 52.9 Å². The number of nitrogens with zero attached hydrogens (tertiary/aromatic N) is 2. The van der Waals surface area contributed by atoms with Crippen molar-refractivity contribution in [3.8, 4) is 0 Å². The topological polar surface area (TPSA) is 97.5 Å². The number of nitrogens with two attached hydrogens (primary N) is 1. The van der Waals surface area contributed by atoms with Gasteiger partial charge in [-0.15, -0.1) is 0 Å². The van der Waals surface area contributed by atoms with Gasteiger partial charge in [0.25, 0.3) is 5.91 Å². The van der Waals surface area contributed by atoms with Gasteiger partial charge in [-0.1, -0.05) is 23.1 Å². The van der Waals surface area contributed by atoms with Crippen molar-refractivity contribution >= 4 is 40.1 Å². The summed E-state index contributed by atoms with van der Waals surface area (Å²) in [6.07, 6.45) is 3.28. The largest absolute Gasteiger partial charge is 0.444 e. The Kier molecular flexibility index (Phi) is 5.97. The fourth-order valence-electron chi connectivity index (χ4n) is 2.46. The normalized spacial score (nSPS) is 17.8. The summed E-state index contributed by atoms with van der Waals surface area (Å²) in [6.45, 7) is 6.53. The number of ether oxygens (including phenoxy) is 1. The number of carbonyl (C=O) groups is 2. The molecule has 3 N–H and O–H groups in total. The molecule has 9 heteroatoms. The van der Waals surface area contributed by atoms with E-state index in [1.807, 2.05) is 27.0 Å². The van der Waals surface area contributed by atoms with E-state index in [4.69, 9.17) is 10.5 Å². The van der Waals surface area contributed by atoms with Gasteiger partial charge in [0.05, 0.1) is 6.04 Å². The van der Waals surface area contributed by atoms with Gasteiger partial charge in [0.2, 0.25) is 0 Å². The third kappa shape index (κ3) is 4.76. The number of thioether (sulfide) groups is 1. The number of nitrogens with one attached hydrogen (secondary N) is 1. The Morgan fingerprint density at radius 2 is 2.21 bits per heavy atom. The van der Waals surface area contributed by atoms with Crippen LogP contribution in [0.1, 0.15) is 44.1 Å². The number of hydrogen-bond donors (Lipinski definition) is 2. The standard InChI is InChI=1S/C15H24N4O3S2/c1-15(2,3)22-14(21)19-7-5-6-9(19)8-17-12(20)10-11(16)24-13(18-10)23-4/h9H,5-8,16H2,1-4H3,(H,17,20)/t9-/m0/s1. The van der Waals surface area contributed by atoms with Crippen molar-refractivity contribution in [2.75, 3.05) is 25.1 Å². The van der Waals surface area contributed by atoms with E-state index in [1.54, 1.807) is 4.90 Å². The second kappa shape index (κ2) is 7.60. The minimum atomic E-state index is -0.531. The number of nitrogen functional groups attached to an aromatic ring is 1. The van der Waals surface area contributed by atoms with Crippen molar-refractivity contribution in [3.63, 3.8) is 0 Å². The van der Waals surface area contributed by atoms with Gasteiger partial charge in [0.15, 0.2) is 10.0 Å². The Balaban J connectivity index is 1.93. The Morgan fingerprint density at radius 1 is 1.50 bits per heavy atom. The molecule has 2 heterocycles. The highest BCUT2D eigenvalue weighted by Gasteiger charge is 2.32. The molecular formula is C15H24N4O3S2. The number of thiazole rings is 1. The molecular weight excluding hydrogens is 348 g/mol. The molecule has 2 rings (SSSR count). The number of aromatic nitrogens is 1.